The Hall–Kier alpha value is -1.64. The van der Waals surface area contributed by atoms with Crippen LogP contribution in [0.1, 0.15) is 81.7 Å². The first-order valence-corrected chi connectivity index (χ1v) is 8.34. The summed E-state index contributed by atoms with van der Waals surface area (Å²) in [6, 6.07) is -3.83. The zero-order chi connectivity index (χ0) is 37.8. The second-order valence-electron chi connectivity index (χ2n) is 4.84. The van der Waals surface area contributed by atoms with E-state index in [2.05, 4.69) is 10.1 Å². The summed E-state index contributed by atoms with van der Waals surface area (Å²) in [6.45, 7) is -20.2. The van der Waals surface area contributed by atoms with E-state index in [4.69, 9.17) is 40.5 Å². The number of halogens is 1. The molecule has 0 saturated carbocycles. The van der Waals surface area contributed by atoms with Gasteiger partial charge in [0.05, 0.1) is 1.37 Å². The summed E-state index contributed by atoms with van der Waals surface area (Å²) >= 11 is 6.19. The number of aromatic nitrogens is 2. The van der Waals surface area contributed by atoms with Gasteiger partial charge in [0.2, 0.25) is 0 Å². The van der Waals surface area contributed by atoms with E-state index in [1.54, 1.807) is 0 Å². The number of nitrogens with zero attached hydrogens (tertiary/aromatic N) is 3. The quantitative estimate of drug-likeness (QED) is 0.700. The highest BCUT2D eigenvalue weighted by Gasteiger charge is 2.25. The number of hydrogen-bond donors (Lipinski definition) is 2. The Morgan fingerprint density at radius 1 is 1.59 bits per heavy atom. The predicted octanol–water partition coefficient (Wildman–Crippen LogP) is 3.00. The van der Waals surface area contributed by atoms with Crippen LogP contribution in [0.15, 0.2) is 4.79 Å². The number of fused-ring (bicyclic) bond motifs is 1. The van der Waals surface area contributed by atoms with Crippen LogP contribution in [0.3, 0.4) is 0 Å². The minimum Gasteiger partial charge on any atom is -0.505 e. The maximum atomic E-state index is 13.8. The van der Waals surface area contributed by atoms with Gasteiger partial charge < -0.3 is 15.3 Å². The summed E-state index contributed by atoms with van der Waals surface area (Å²) in [4.78, 5) is 29.7. The van der Waals surface area contributed by atoms with Crippen molar-refractivity contribution in [1.82, 2.24) is 19.8 Å². The van der Waals surface area contributed by atoms with Gasteiger partial charge in [0.1, 0.15) is 15.9 Å². The number of thiazole rings is 1. The number of aromatic hydroxyl groups is 1. The van der Waals surface area contributed by atoms with Crippen LogP contribution in [0, 0.1) is 0 Å². The van der Waals surface area contributed by atoms with Crippen LogP contribution in [0.25, 0.3) is 10.3 Å². The van der Waals surface area contributed by atoms with E-state index < -0.39 is 114 Å². The van der Waals surface area contributed by atoms with Crippen molar-refractivity contribution in [3.8, 4) is 5.75 Å². The number of amides is 1. The molecular formula is C18H25ClN4O3S. The van der Waals surface area contributed by atoms with Crippen molar-refractivity contribution in [3.05, 3.63) is 20.4 Å². The predicted molar refractivity (Wildman–Crippen MR) is 108 cm³/mol. The van der Waals surface area contributed by atoms with Crippen molar-refractivity contribution >= 4 is 39.2 Å². The normalized spacial score (nSPS) is 38.0. The molecule has 0 aliphatic carbocycles. The van der Waals surface area contributed by atoms with Crippen molar-refractivity contribution in [2.75, 3.05) is 26.0 Å². The first-order valence-electron chi connectivity index (χ1n) is 17.5. The molecule has 3 rings (SSSR count). The maximum absolute atomic E-state index is 13.8. The average molecular weight is 434 g/mol. The van der Waals surface area contributed by atoms with Crippen LogP contribution in [-0.4, -0.2) is 52.9 Å². The number of rotatable bonds is 7. The minimum atomic E-state index is -3.91. The zero-order valence-electron chi connectivity index (χ0n) is 34.2. The van der Waals surface area contributed by atoms with Crippen LogP contribution >= 0.6 is 22.9 Å². The van der Waals surface area contributed by atoms with Crippen LogP contribution in [0.2, 0.25) is 5.88 Å². The van der Waals surface area contributed by atoms with E-state index in [0.717, 1.165) is 0 Å². The van der Waals surface area contributed by atoms with Crippen LogP contribution in [0.5, 0.6) is 5.75 Å². The van der Waals surface area contributed by atoms with Gasteiger partial charge in [-0.15, -0.1) is 0 Å². The number of carbonyl (C=O) groups excluding carboxylic acids is 1. The molecular weight excluding hydrogens is 388 g/mol. The van der Waals surface area contributed by atoms with Crippen molar-refractivity contribution in [2.45, 2.75) is 45.3 Å². The van der Waals surface area contributed by atoms with Gasteiger partial charge >= 0.3 is 0 Å². The number of carbonyl (C=O) groups is 1. The van der Waals surface area contributed by atoms with Gasteiger partial charge in [-0.3, -0.25) is 14.2 Å². The second kappa shape index (κ2) is 8.58. The topological polar surface area (TPSA) is 87.5 Å². The number of hydrogen-bond acceptors (Lipinski definition) is 6. The van der Waals surface area contributed by atoms with Gasteiger partial charge in [-0.25, -0.2) is 4.98 Å². The third-order valence-corrected chi connectivity index (χ3v) is 4.33. The molecule has 1 aliphatic heterocycles. The fourth-order valence-corrected chi connectivity index (χ4v) is 3.20. The molecule has 0 bridgehead atoms. The Morgan fingerprint density at radius 2 is 2.37 bits per heavy atom. The van der Waals surface area contributed by atoms with Crippen molar-refractivity contribution < 1.29 is 37.4 Å². The molecule has 27 heavy (non-hydrogen) atoms. The second-order valence-corrected chi connectivity index (χ2v) is 6.40. The van der Waals surface area contributed by atoms with Gasteiger partial charge in [-0.2, -0.15) is 0 Å². The lowest BCUT2D eigenvalue weighted by molar-refractivity contribution is 0.0946. The van der Waals surface area contributed by atoms with Crippen LogP contribution < -0.4 is 10.9 Å². The summed E-state index contributed by atoms with van der Waals surface area (Å²) in [6.07, 6.45) is -13.0. The molecule has 1 amide bonds. The summed E-state index contributed by atoms with van der Waals surface area (Å²) in [5, 5.41) is 4.13. The van der Waals surface area contributed by atoms with Gasteiger partial charge in [0.25, 0.3) is 12.9 Å². The van der Waals surface area contributed by atoms with E-state index in [1.165, 1.54) is 0 Å². The third-order valence-electron chi connectivity index (χ3n) is 3.18. The molecule has 2 aromatic rings. The Morgan fingerprint density at radius 3 is 3.07 bits per heavy atom. The monoisotopic (exact) mass is 433 g/mol. The summed E-state index contributed by atoms with van der Waals surface area (Å²) in [7, 11) is 0. The first-order chi connectivity index (χ1) is 21.1. The number of pyridine rings is 1. The minimum absolute atomic E-state index is 0.135. The smallest absolute Gasteiger partial charge is 0.293 e. The Labute approximate surface area is 196 Å². The Balaban J connectivity index is 2.18. The highest BCUT2D eigenvalue weighted by atomic mass is 35.5. The summed E-state index contributed by atoms with van der Waals surface area (Å²) < 4.78 is 167. The standard InChI is InChI=1S/C18H25ClN4O3S/c1-11(2)23-16(26)12(14(24)13-17(23)27-18(19)21-13)15(25)20-7-6-10-22-8-4-3-5-9-22/h11,24H,3-10H2,1-2H3,(H,20,25)/i1D3,2D3,3D2,4D2,5D2,8D2,9D2,10D2,11D/hD2. The van der Waals surface area contributed by atoms with Gasteiger partial charge in [0, 0.05) is 37.2 Å². The highest BCUT2D eigenvalue weighted by molar-refractivity contribution is 7.21. The van der Waals surface area contributed by atoms with Crippen molar-refractivity contribution in [3.63, 3.8) is 0 Å². The van der Waals surface area contributed by atoms with Crippen molar-refractivity contribution in [2.24, 2.45) is 0 Å². The van der Waals surface area contributed by atoms with Crippen LogP contribution in [-0.2, 0) is 0 Å². The molecule has 1 saturated heterocycles. The molecule has 0 atom stereocenters. The Kier molecular flexibility index (Phi) is 2.04. The summed E-state index contributed by atoms with van der Waals surface area (Å²) in [5.41, 5.74) is -4.07. The molecule has 2 N–H and O–H groups in total. The Bertz CT molecular complexity index is 1620. The first kappa shape index (κ1) is 6.43. The van der Waals surface area contributed by atoms with Crippen molar-refractivity contribution in [1.29, 1.82) is 1.43 Å². The largest absolute Gasteiger partial charge is 0.505 e. The molecule has 9 heteroatoms. The van der Waals surface area contributed by atoms with E-state index >= 15 is 0 Å². The van der Waals surface area contributed by atoms with E-state index in [1.807, 2.05) is 0 Å². The fraction of sp³-hybridized carbons (Fsp3) is 0.611. The maximum Gasteiger partial charge on any atom is 0.293 e. The highest BCUT2D eigenvalue weighted by Crippen LogP contribution is 2.33. The molecule has 1 fully saturated rings. The lowest BCUT2D eigenvalue weighted by Crippen LogP contribution is -2.36. The van der Waals surface area contributed by atoms with Gasteiger partial charge in [-0.1, -0.05) is 29.3 Å². The zero-order valence-corrected chi connectivity index (χ0v) is 14.8. The van der Waals surface area contributed by atoms with E-state index in [0.29, 0.717) is 0 Å². The van der Waals surface area contributed by atoms with E-state index in [-0.39, 0.29) is 21.2 Å². The molecule has 0 radical (unpaired) electrons. The molecule has 2 aromatic heterocycles. The van der Waals surface area contributed by atoms with Crippen LogP contribution in [0.4, 0.5) is 0 Å². The lowest BCUT2D eigenvalue weighted by atomic mass is 10.1. The number of likely N-dealkylation sites (tertiary alicyclic amines) is 1. The fourth-order valence-electron chi connectivity index (χ4n) is 2.10. The lowest BCUT2D eigenvalue weighted by Gasteiger charge is -2.26. The molecule has 0 spiro atoms. The molecule has 148 valence electrons. The van der Waals surface area contributed by atoms with Gasteiger partial charge in [0.15, 0.2) is 11.6 Å². The van der Waals surface area contributed by atoms with Gasteiger partial charge in [-0.05, 0) is 52.4 Å². The molecule has 3 heterocycles. The SMILES string of the molecule is [2H]Oc1c(C(=O)N([2H])CCC([2H])([2H])N2C([2H])([2H])C([2H])([2H])C([2H])([2H])C([2H])([2H])C2([2H])[2H])c(=O)n(C([2H])(C([2H])([2H])[2H])C([2H])([2H])[2H])c2sc(Cl)nc12. The molecule has 0 unspecified atom stereocenters. The molecule has 7 nitrogen and oxygen atoms in total. The number of piperidine rings is 1. The molecule has 1 aliphatic rings. The third kappa shape index (κ3) is 4.28. The van der Waals surface area contributed by atoms with E-state index in [9.17, 15) is 9.59 Å². The summed E-state index contributed by atoms with van der Waals surface area (Å²) in [5.74, 6) is -2.92. The number of nitrogens with one attached hydrogen (secondary N) is 1. The molecule has 0 aromatic carbocycles. The average Bonchev–Trinajstić information content (AvgIpc) is 3.27.